The Labute approximate surface area is 133 Å². The first-order valence-corrected chi connectivity index (χ1v) is 8.52. The number of hydrogen-bond acceptors (Lipinski definition) is 1. The fourth-order valence-corrected chi connectivity index (χ4v) is 3.77. The summed E-state index contributed by atoms with van der Waals surface area (Å²) in [4.78, 5) is 13.0. The van der Waals surface area contributed by atoms with Crippen LogP contribution >= 0.6 is 0 Å². The van der Waals surface area contributed by atoms with Crippen LogP contribution < -0.4 is 0 Å². The van der Waals surface area contributed by atoms with Crippen molar-refractivity contribution in [1.29, 1.82) is 0 Å². The van der Waals surface area contributed by atoms with Crippen molar-refractivity contribution in [3.63, 3.8) is 0 Å². The lowest BCUT2D eigenvalue weighted by molar-refractivity contribution is 0.103. The van der Waals surface area contributed by atoms with E-state index in [9.17, 15) is 4.79 Å². The van der Waals surface area contributed by atoms with E-state index in [0.717, 1.165) is 30.4 Å². The Morgan fingerprint density at radius 1 is 0.955 bits per heavy atom. The normalized spacial score (nSPS) is 13.7. The number of fused-ring (bicyclic) bond motifs is 1. The molecule has 0 unspecified atom stereocenters. The van der Waals surface area contributed by atoms with Crippen molar-refractivity contribution in [2.45, 2.75) is 52.4 Å². The topological polar surface area (TPSA) is 17.1 Å². The number of hydrogen-bond donors (Lipinski definition) is 0. The number of carbonyl (C=O) groups is 1. The van der Waals surface area contributed by atoms with Gasteiger partial charge in [0.1, 0.15) is 0 Å². The maximum Gasteiger partial charge on any atom is 0.193 e. The van der Waals surface area contributed by atoms with Gasteiger partial charge in [0, 0.05) is 11.1 Å². The van der Waals surface area contributed by atoms with Crippen LogP contribution in [0.25, 0.3) is 0 Å². The van der Waals surface area contributed by atoms with Crippen molar-refractivity contribution in [1.82, 2.24) is 0 Å². The van der Waals surface area contributed by atoms with E-state index in [1.165, 1.54) is 41.5 Å². The van der Waals surface area contributed by atoms with E-state index >= 15 is 0 Å². The highest BCUT2D eigenvalue weighted by Gasteiger charge is 2.22. The second kappa shape index (κ2) is 6.48. The van der Waals surface area contributed by atoms with E-state index in [4.69, 9.17) is 0 Å². The number of aryl methyl sites for hydroxylation is 1. The molecule has 0 aromatic heterocycles. The first-order valence-electron chi connectivity index (χ1n) is 8.52. The lowest BCUT2D eigenvalue weighted by Crippen LogP contribution is -2.15. The van der Waals surface area contributed by atoms with Crippen molar-refractivity contribution in [2.75, 3.05) is 0 Å². The second-order valence-electron chi connectivity index (χ2n) is 6.13. The van der Waals surface area contributed by atoms with Crippen molar-refractivity contribution < 1.29 is 4.79 Å². The van der Waals surface area contributed by atoms with Gasteiger partial charge < -0.3 is 0 Å². The molecule has 0 atom stereocenters. The molecule has 114 valence electrons. The summed E-state index contributed by atoms with van der Waals surface area (Å²) in [5.74, 6) is 0.181. The Balaban J connectivity index is 2.17. The summed E-state index contributed by atoms with van der Waals surface area (Å²) in [7, 11) is 0. The van der Waals surface area contributed by atoms with Gasteiger partial charge in [-0.05, 0) is 66.8 Å². The Kier molecular flexibility index (Phi) is 4.42. The first-order chi connectivity index (χ1) is 10.8. The monoisotopic (exact) mass is 292 g/mol. The molecule has 0 spiro atoms. The van der Waals surface area contributed by atoms with E-state index in [1.807, 2.05) is 30.3 Å². The molecular weight excluding hydrogens is 268 g/mol. The third kappa shape index (κ3) is 2.61. The predicted octanol–water partition coefficient (Wildman–Crippen LogP) is 4.92. The van der Waals surface area contributed by atoms with Crippen LogP contribution in [0.15, 0.2) is 36.4 Å². The van der Waals surface area contributed by atoms with E-state index in [0.29, 0.717) is 0 Å². The van der Waals surface area contributed by atoms with Crippen molar-refractivity contribution >= 4 is 5.78 Å². The molecule has 0 saturated carbocycles. The lowest BCUT2D eigenvalue weighted by Gasteiger charge is -2.24. The molecule has 0 aliphatic heterocycles. The molecule has 0 saturated heterocycles. The highest BCUT2D eigenvalue weighted by atomic mass is 16.1. The largest absolute Gasteiger partial charge is 0.289 e. The first kappa shape index (κ1) is 15.0. The molecule has 0 bridgehead atoms. The van der Waals surface area contributed by atoms with E-state index in [1.54, 1.807) is 0 Å². The predicted molar refractivity (Wildman–Crippen MR) is 91.7 cm³/mol. The maximum atomic E-state index is 13.0. The zero-order valence-corrected chi connectivity index (χ0v) is 13.6. The van der Waals surface area contributed by atoms with Gasteiger partial charge in [0.25, 0.3) is 0 Å². The zero-order chi connectivity index (χ0) is 15.5. The molecule has 1 aliphatic rings. The standard InChI is InChI=1S/C21H24O/c1-3-15-14-20(21(22)16-10-6-5-7-11-16)17(4-2)19-13-9-8-12-18(15)19/h5-7,10-11,14H,3-4,8-9,12-13H2,1-2H3. The molecule has 0 radical (unpaired) electrons. The second-order valence-corrected chi connectivity index (χ2v) is 6.13. The third-order valence-electron chi connectivity index (χ3n) is 4.88. The van der Waals surface area contributed by atoms with Gasteiger partial charge in [0.15, 0.2) is 5.78 Å². The van der Waals surface area contributed by atoms with E-state index in [-0.39, 0.29) is 5.78 Å². The van der Waals surface area contributed by atoms with Crippen molar-refractivity contribution in [2.24, 2.45) is 0 Å². The minimum atomic E-state index is 0.181. The number of ketones is 1. The van der Waals surface area contributed by atoms with Crippen LogP contribution in [0.4, 0.5) is 0 Å². The van der Waals surface area contributed by atoms with Crippen LogP contribution in [0.2, 0.25) is 0 Å². The summed E-state index contributed by atoms with van der Waals surface area (Å²) in [5.41, 5.74) is 7.43. The summed E-state index contributed by atoms with van der Waals surface area (Å²) in [6, 6.07) is 11.9. The van der Waals surface area contributed by atoms with Gasteiger partial charge in [-0.2, -0.15) is 0 Å². The summed E-state index contributed by atoms with van der Waals surface area (Å²) in [6.45, 7) is 4.38. The molecule has 3 rings (SSSR count). The molecule has 0 N–H and O–H groups in total. The molecule has 2 aromatic rings. The fraction of sp³-hybridized carbons (Fsp3) is 0.381. The molecule has 2 aromatic carbocycles. The van der Waals surface area contributed by atoms with Crippen LogP contribution in [0.3, 0.4) is 0 Å². The van der Waals surface area contributed by atoms with Crippen LogP contribution in [-0.2, 0) is 25.7 Å². The van der Waals surface area contributed by atoms with E-state index in [2.05, 4.69) is 19.9 Å². The molecule has 1 heteroatoms. The SMILES string of the molecule is CCc1cc(C(=O)c2ccccc2)c(CC)c2c1CCCC2. The van der Waals surface area contributed by atoms with Crippen molar-refractivity contribution in [3.8, 4) is 0 Å². The van der Waals surface area contributed by atoms with Crippen LogP contribution in [0.1, 0.15) is 64.9 Å². The lowest BCUT2D eigenvalue weighted by atomic mass is 9.80. The van der Waals surface area contributed by atoms with Gasteiger partial charge in [-0.25, -0.2) is 0 Å². The summed E-state index contributed by atoms with van der Waals surface area (Å²) < 4.78 is 0. The Morgan fingerprint density at radius 3 is 2.27 bits per heavy atom. The van der Waals surface area contributed by atoms with Gasteiger partial charge in [-0.1, -0.05) is 44.2 Å². The average Bonchev–Trinajstić information content (AvgIpc) is 2.60. The quantitative estimate of drug-likeness (QED) is 0.731. The minimum absolute atomic E-state index is 0.181. The highest BCUT2D eigenvalue weighted by Crippen LogP contribution is 2.32. The fourth-order valence-electron chi connectivity index (χ4n) is 3.77. The molecule has 0 amide bonds. The van der Waals surface area contributed by atoms with Crippen LogP contribution in [0.5, 0.6) is 0 Å². The van der Waals surface area contributed by atoms with Crippen molar-refractivity contribution in [3.05, 3.63) is 69.8 Å². The average molecular weight is 292 g/mol. The van der Waals surface area contributed by atoms with Gasteiger partial charge in [0.05, 0.1) is 0 Å². The summed E-state index contributed by atoms with van der Waals surface area (Å²) >= 11 is 0. The molecule has 22 heavy (non-hydrogen) atoms. The minimum Gasteiger partial charge on any atom is -0.289 e. The molecule has 1 nitrogen and oxygen atoms in total. The molecule has 1 aliphatic carbocycles. The number of carbonyl (C=O) groups excluding carboxylic acids is 1. The third-order valence-corrected chi connectivity index (χ3v) is 4.88. The van der Waals surface area contributed by atoms with Gasteiger partial charge in [-0.15, -0.1) is 0 Å². The molecular formula is C21H24O. The molecule has 0 fully saturated rings. The van der Waals surface area contributed by atoms with Gasteiger partial charge in [-0.3, -0.25) is 4.79 Å². The summed E-state index contributed by atoms with van der Waals surface area (Å²) in [5, 5.41) is 0. The Hall–Kier alpha value is -1.89. The number of benzene rings is 2. The zero-order valence-electron chi connectivity index (χ0n) is 13.6. The maximum absolute atomic E-state index is 13.0. The Bertz CT molecular complexity index is 683. The van der Waals surface area contributed by atoms with Gasteiger partial charge >= 0.3 is 0 Å². The van der Waals surface area contributed by atoms with Gasteiger partial charge in [0.2, 0.25) is 0 Å². The van der Waals surface area contributed by atoms with E-state index < -0.39 is 0 Å². The highest BCUT2D eigenvalue weighted by molar-refractivity contribution is 6.10. The smallest absolute Gasteiger partial charge is 0.193 e. The molecule has 0 heterocycles. The van der Waals surface area contributed by atoms with Crippen LogP contribution in [-0.4, -0.2) is 5.78 Å². The number of rotatable bonds is 4. The van der Waals surface area contributed by atoms with Crippen LogP contribution in [0, 0.1) is 0 Å². The Morgan fingerprint density at radius 2 is 1.64 bits per heavy atom. The summed E-state index contributed by atoms with van der Waals surface area (Å²) in [6.07, 6.45) is 6.83.